The molecule has 0 heterocycles. The SMILES string of the molecule is CC(NC(N)=NCCNS(=O)(=O)c1ccccc1)c1ccc(Cl)cc1Cl.I. The van der Waals surface area contributed by atoms with Crippen LogP contribution in [0.4, 0.5) is 0 Å². The van der Waals surface area contributed by atoms with Crippen molar-refractivity contribution in [1.29, 1.82) is 0 Å². The van der Waals surface area contributed by atoms with Gasteiger partial charge in [0.2, 0.25) is 10.0 Å². The number of hydrogen-bond acceptors (Lipinski definition) is 3. The minimum absolute atomic E-state index is 0. The molecule has 1 atom stereocenters. The van der Waals surface area contributed by atoms with Crippen LogP contribution in [-0.4, -0.2) is 27.5 Å². The average molecular weight is 543 g/mol. The van der Waals surface area contributed by atoms with Crippen LogP contribution in [-0.2, 0) is 10.0 Å². The van der Waals surface area contributed by atoms with Crippen molar-refractivity contribution in [3.63, 3.8) is 0 Å². The Morgan fingerprint density at radius 3 is 2.48 bits per heavy atom. The zero-order valence-corrected chi connectivity index (χ0v) is 19.2. The predicted molar refractivity (Wildman–Crippen MR) is 122 cm³/mol. The summed E-state index contributed by atoms with van der Waals surface area (Å²) >= 11 is 12.0. The molecule has 0 bridgehead atoms. The highest BCUT2D eigenvalue weighted by molar-refractivity contribution is 14.0. The first-order valence-corrected chi connectivity index (χ1v) is 10.1. The van der Waals surface area contributed by atoms with Gasteiger partial charge in [-0.05, 0) is 36.8 Å². The number of nitrogens with one attached hydrogen (secondary N) is 2. The highest BCUT2D eigenvalue weighted by Gasteiger charge is 2.12. The van der Waals surface area contributed by atoms with Crippen LogP contribution in [0, 0.1) is 0 Å². The molecule has 2 aromatic rings. The van der Waals surface area contributed by atoms with E-state index in [-0.39, 0.29) is 54.0 Å². The van der Waals surface area contributed by atoms with Crippen LogP contribution in [0.15, 0.2) is 58.4 Å². The minimum Gasteiger partial charge on any atom is -0.370 e. The molecule has 2 aromatic carbocycles. The third-order valence-corrected chi connectivity index (χ3v) is 5.57. The van der Waals surface area contributed by atoms with E-state index in [0.29, 0.717) is 10.0 Å². The zero-order valence-electron chi connectivity index (χ0n) is 14.5. The Labute approximate surface area is 186 Å². The van der Waals surface area contributed by atoms with E-state index in [0.717, 1.165) is 5.56 Å². The predicted octanol–water partition coefficient (Wildman–Crippen LogP) is 3.56. The first-order valence-electron chi connectivity index (χ1n) is 7.86. The highest BCUT2D eigenvalue weighted by atomic mass is 127. The van der Waals surface area contributed by atoms with E-state index in [1.165, 1.54) is 12.1 Å². The number of hydrogen-bond donors (Lipinski definition) is 3. The van der Waals surface area contributed by atoms with E-state index in [1.807, 2.05) is 13.0 Å². The quantitative estimate of drug-likeness (QED) is 0.216. The van der Waals surface area contributed by atoms with Gasteiger partial charge in [-0.15, -0.1) is 24.0 Å². The minimum atomic E-state index is -3.54. The molecule has 148 valence electrons. The van der Waals surface area contributed by atoms with Crippen molar-refractivity contribution in [3.05, 3.63) is 64.1 Å². The van der Waals surface area contributed by atoms with E-state index in [4.69, 9.17) is 28.9 Å². The van der Waals surface area contributed by atoms with E-state index in [2.05, 4.69) is 15.0 Å². The lowest BCUT2D eigenvalue weighted by Crippen LogP contribution is -2.35. The highest BCUT2D eigenvalue weighted by Crippen LogP contribution is 2.25. The fourth-order valence-electron chi connectivity index (χ4n) is 2.24. The summed E-state index contributed by atoms with van der Waals surface area (Å²) in [7, 11) is -3.54. The molecule has 1 unspecified atom stereocenters. The van der Waals surface area contributed by atoms with E-state index >= 15 is 0 Å². The van der Waals surface area contributed by atoms with E-state index in [9.17, 15) is 8.42 Å². The summed E-state index contributed by atoms with van der Waals surface area (Å²) in [5.74, 6) is 0.197. The maximum absolute atomic E-state index is 12.1. The van der Waals surface area contributed by atoms with Crippen molar-refractivity contribution >= 4 is 63.2 Å². The number of nitrogens with two attached hydrogens (primary N) is 1. The molecular formula is C17H21Cl2IN4O2S. The molecular weight excluding hydrogens is 522 g/mol. The molecule has 0 aromatic heterocycles. The van der Waals surface area contributed by atoms with Gasteiger partial charge in [0.15, 0.2) is 5.96 Å². The molecule has 0 aliphatic heterocycles. The first kappa shape index (κ1) is 24.0. The molecule has 10 heteroatoms. The van der Waals surface area contributed by atoms with Gasteiger partial charge in [-0.3, -0.25) is 4.99 Å². The van der Waals surface area contributed by atoms with Gasteiger partial charge in [-0.1, -0.05) is 47.5 Å². The number of sulfonamides is 1. The fraction of sp³-hybridized carbons (Fsp3) is 0.235. The summed E-state index contributed by atoms with van der Waals surface area (Å²) in [6.45, 7) is 2.22. The second-order valence-electron chi connectivity index (χ2n) is 5.51. The smallest absolute Gasteiger partial charge is 0.240 e. The number of rotatable bonds is 7. The molecule has 27 heavy (non-hydrogen) atoms. The van der Waals surface area contributed by atoms with Crippen molar-refractivity contribution in [2.75, 3.05) is 13.1 Å². The van der Waals surface area contributed by atoms with Crippen molar-refractivity contribution < 1.29 is 8.42 Å². The van der Waals surface area contributed by atoms with Crippen molar-refractivity contribution in [2.24, 2.45) is 10.7 Å². The van der Waals surface area contributed by atoms with Crippen LogP contribution in [0.5, 0.6) is 0 Å². The van der Waals surface area contributed by atoms with Crippen LogP contribution in [0.1, 0.15) is 18.5 Å². The molecule has 0 saturated carbocycles. The summed E-state index contributed by atoms with van der Waals surface area (Å²) in [5, 5.41) is 4.09. The summed E-state index contributed by atoms with van der Waals surface area (Å²) in [4.78, 5) is 4.33. The number of guanidine groups is 1. The Balaban J connectivity index is 0.00000364. The van der Waals surface area contributed by atoms with Crippen LogP contribution in [0.25, 0.3) is 0 Å². The normalized spacial score (nSPS) is 12.9. The van der Waals surface area contributed by atoms with Gasteiger partial charge in [0.1, 0.15) is 0 Å². The lowest BCUT2D eigenvalue weighted by Gasteiger charge is -2.16. The monoisotopic (exact) mass is 542 g/mol. The number of halogens is 3. The molecule has 0 radical (unpaired) electrons. The largest absolute Gasteiger partial charge is 0.370 e. The van der Waals surface area contributed by atoms with Crippen molar-refractivity contribution in [3.8, 4) is 0 Å². The van der Waals surface area contributed by atoms with Crippen molar-refractivity contribution in [2.45, 2.75) is 17.9 Å². The molecule has 2 rings (SSSR count). The molecule has 0 saturated heterocycles. The molecule has 0 amide bonds. The molecule has 4 N–H and O–H groups in total. The molecule has 0 spiro atoms. The van der Waals surface area contributed by atoms with Gasteiger partial charge in [0.25, 0.3) is 0 Å². The zero-order chi connectivity index (χ0) is 19.2. The molecule has 0 aliphatic carbocycles. The van der Waals surface area contributed by atoms with E-state index < -0.39 is 10.0 Å². The second-order valence-corrected chi connectivity index (χ2v) is 8.12. The second kappa shape index (κ2) is 11.1. The maximum atomic E-state index is 12.1. The fourth-order valence-corrected chi connectivity index (χ4v) is 3.85. The summed E-state index contributed by atoms with van der Waals surface area (Å²) in [5.41, 5.74) is 6.68. The van der Waals surface area contributed by atoms with Gasteiger partial charge >= 0.3 is 0 Å². The van der Waals surface area contributed by atoms with Crippen LogP contribution < -0.4 is 15.8 Å². The Hall–Kier alpha value is -1.07. The summed E-state index contributed by atoms with van der Waals surface area (Å²) in [6, 6.07) is 13.2. The lowest BCUT2D eigenvalue weighted by atomic mass is 10.1. The van der Waals surface area contributed by atoms with Crippen LogP contribution >= 0.6 is 47.2 Å². The third kappa shape index (κ3) is 7.46. The standard InChI is InChI=1S/C17H20Cl2N4O2S.HI/c1-12(15-8-7-13(18)11-16(15)19)23-17(20)21-9-10-22-26(24,25)14-5-3-2-4-6-14;/h2-8,11-12,22H,9-10H2,1H3,(H3,20,21,23);1H. The Kier molecular flexibility index (Phi) is 9.82. The Bertz CT molecular complexity index is 880. The molecule has 6 nitrogen and oxygen atoms in total. The van der Waals surface area contributed by atoms with Gasteiger partial charge in [-0.25, -0.2) is 13.1 Å². The van der Waals surface area contributed by atoms with Gasteiger partial charge in [0.05, 0.1) is 17.5 Å². The molecule has 0 fully saturated rings. The number of nitrogens with zero attached hydrogens (tertiary/aromatic N) is 1. The van der Waals surface area contributed by atoms with Gasteiger partial charge in [0, 0.05) is 16.6 Å². The topological polar surface area (TPSA) is 96.6 Å². The van der Waals surface area contributed by atoms with Crippen LogP contribution in [0.2, 0.25) is 10.0 Å². The van der Waals surface area contributed by atoms with Gasteiger partial charge in [-0.2, -0.15) is 0 Å². The van der Waals surface area contributed by atoms with Crippen LogP contribution in [0.3, 0.4) is 0 Å². The summed E-state index contributed by atoms with van der Waals surface area (Å²) < 4.78 is 26.6. The lowest BCUT2D eigenvalue weighted by molar-refractivity contribution is 0.582. The van der Waals surface area contributed by atoms with E-state index in [1.54, 1.807) is 30.3 Å². The summed E-state index contributed by atoms with van der Waals surface area (Å²) in [6.07, 6.45) is 0. The maximum Gasteiger partial charge on any atom is 0.240 e. The third-order valence-electron chi connectivity index (χ3n) is 3.53. The number of benzene rings is 2. The first-order chi connectivity index (χ1) is 12.3. The Morgan fingerprint density at radius 1 is 1.19 bits per heavy atom. The van der Waals surface area contributed by atoms with Gasteiger partial charge < -0.3 is 11.1 Å². The average Bonchev–Trinajstić information content (AvgIpc) is 2.59. The van der Waals surface area contributed by atoms with Crippen molar-refractivity contribution in [1.82, 2.24) is 10.0 Å². The number of aliphatic imine (C=N–C) groups is 1. The molecule has 0 aliphatic rings. The Morgan fingerprint density at radius 2 is 1.85 bits per heavy atom.